The fraction of sp³-hybridized carbons (Fsp3) is 0.667. The number of aromatic nitrogens is 2. The van der Waals surface area contributed by atoms with Crippen molar-refractivity contribution in [3.8, 4) is 0 Å². The molecule has 0 saturated carbocycles. The van der Waals surface area contributed by atoms with Gasteiger partial charge in [0.1, 0.15) is 6.33 Å². The summed E-state index contributed by atoms with van der Waals surface area (Å²) >= 11 is 0. The molecule has 2 rings (SSSR count). The van der Waals surface area contributed by atoms with Crippen molar-refractivity contribution in [3.63, 3.8) is 0 Å². The van der Waals surface area contributed by atoms with Crippen LogP contribution >= 0.6 is 0 Å². The molecular formula is C12H19FN4. The van der Waals surface area contributed by atoms with Gasteiger partial charge in [0.05, 0.1) is 5.69 Å². The number of nitrogens with two attached hydrogens (primary N) is 1. The molecule has 1 fully saturated rings. The fourth-order valence-corrected chi connectivity index (χ4v) is 2.41. The summed E-state index contributed by atoms with van der Waals surface area (Å²) in [6, 6.07) is 0.377. The highest BCUT2D eigenvalue weighted by Crippen LogP contribution is 2.28. The van der Waals surface area contributed by atoms with Gasteiger partial charge in [0.15, 0.2) is 11.6 Å². The molecule has 1 atom stereocenters. The molecule has 0 bridgehead atoms. The van der Waals surface area contributed by atoms with Crippen molar-refractivity contribution in [1.82, 2.24) is 9.97 Å². The van der Waals surface area contributed by atoms with Gasteiger partial charge in [-0.15, -0.1) is 0 Å². The monoisotopic (exact) mass is 238 g/mol. The Hall–Kier alpha value is -1.23. The topological polar surface area (TPSA) is 55.0 Å². The number of hydrogen-bond donors (Lipinski definition) is 1. The van der Waals surface area contributed by atoms with Crippen molar-refractivity contribution in [2.75, 3.05) is 18.0 Å². The third-order valence-corrected chi connectivity index (χ3v) is 3.34. The number of aryl methyl sites for hydroxylation is 1. The van der Waals surface area contributed by atoms with E-state index in [2.05, 4.69) is 14.9 Å². The number of hydrogen-bond acceptors (Lipinski definition) is 4. The van der Waals surface area contributed by atoms with E-state index in [1.165, 1.54) is 6.33 Å². The molecule has 17 heavy (non-hydrogen) atoms. The summed E-state index contributed by atoms with van der Waals surface area (Å²) in [5, 5.41) is 0. The Labute approximate surface area is 101 Å². The van der Waals surface area contributed by atoms with Crippen molar-refractivity contribution in [2.24, 2.45) is 5.73 Å². The lowest BCUT2D eigenvalue weighted by atomic mass is 10.1. The zero-order chi connectivity index (χ0) is 12.3. The van der Waals surface area contributed by atoms with E-state index < -0.39 is 0 Å². The largest absolute Gasteiger partial charge is 0.351 e. The van der Waals surface area contributed by atoms with Gasteiger partial charge in [-0.1, -0.05) is 0 Å². The summed E-state index contributed by atoms with van der Waals surface area (Å²) in [7, 11) is 0. The van der Waals surface area contributed by atoms with Crippen molar-refractivity contribution in [3.05, 3.63) is 17.8 Å². The second-order valence-corrected chi connectivity index (χ2v) is 4.52. The number of nitrogens with zero attached hydrogens (tertiary/aromatic N) is 3. The normalized spacial score (nSPS) is 19.9. The Bertz CT molecular complexity index is 383. The summed E-state index contributed by atoms with van der Waals surface area (Å²) in [5.74, 6) is 0.171. The first-order chi connectivity index (χ1) is 8.24. The van der Waals surface area contributed by atoms with Gasteiger partial charge in [-0.05, 0) is 39.2 Å². The maximum atomic E-state index is 14.0. The third kappa shape index (κ3) is 2.54. The minimum Gasteiger partial charge on any atom is -0.351 e. The summed E-state index contributed by atoms with van der Waals surface area (Å²) < 4.78 is 14.0. The third-order valence-electron chi connectivity index (χ3n) is 3.34. The maximum Gasteiger partial charge on any atom is 0.186 e. The van der Waals surface area contributed by atoms with Crippen LogP contribution in [-0.4, -0.2) is 29.1 Å². The molecule has 1 aliphatic heterocycles. The first kappa shape index (κ1) is 12.2. The molecule has 0 aromatic carbocycles. The summed E-state index contributed by atoms with van der Waals surface area (Å²) in [6.45, 7) is 3.24. The van der Waals surface area contributed by atoms with E-state index in [0.717, 1.165) is 32.2 Å². The Morgan fingerprint density at radius 2 is 2.35 bits per heavy atom. The van der Waals surface area contributed by atoms with E-state index in [0.29, 0.717) is 24.1 Å². The smallest absolute Gasteiger partial charge is 0.186 e. The summed E-state index contributed by atoms with van der Waals surface area (Å²) in [4.78, 5) is 10.0. The van der Waals surface area contributed by atoms with Crippen molar-refractivity contribution < 1.29 is 4.39 Å². The Morgan fingerprint density at radius 3 is 3.12 bits per heavy atom. The highest BCUT2D eigenvalue weighted by Gasteiger charge is 2.27. The van der Waals surface area contributed by atoms with Gasteiger partial charge in [0.2, 0.25) is 0 Å². The maximum absolute atomic E-state index is 14.0. The Kier molecular flexibility index (Phi) is 3.89. The van der Waals surface area contributed by atoms with Crippen LogP contribution in [0.3, 0.4) is 0 Å². The van der Waals surface area contributed by atoms with Gasteiger partial charge in [-0.25, -0.2) is 14.4 Å². The molecule has 1 aromatic heterocycles. The summed E-state index contributed by atoms with van der Waals surface area (Å²) in [6.07, 6.45) is 5.62. The Morgan fingerprint density at radius 1 is 1.53 bits per heavy atom. The lowest BCUT2D eigenvalue weighted by Crippen LogP contribution is -2.31. The van der Waals surface area contributed by atoms with Gasteiger partial charge in [-0.3, -0.25) is 0 Å². The SMILES string of the molecule is Cc1ncnc(N2CCCC2CCCN)c1F. The van der Waals surface area contributed by atoms with Crippen molar-refractivity contribution in [2.45, 2.75) is 38.6 Å². The molecule has 2 N–H and O–H groups in total. The van der Waals surface area contributed by atoms with Gasteiger partial charge in [0.25, 0.3) is 0 Å². The highest BCUT2D eigenvalue weighted by molar-refractivity contribution is 5.43. The average molecular weight is 238 g/mol. The van der Waals surface area contributed by atoms with Crippen LogP contribution in [0.5, 0.6) is 0 Å². The number of halogens is 1. The molecule has 1 unspecified atom stereocenters. The van der Waals surface area contributed by atoms with Crippen LogP contribution in [0.15, 0.2) is 6.33 Å². The first-order valence-electron chi connectivity index (χ1n) is 6.18. The quantitative estimate of drug-likeness (QED) is 0.866. The van der Waals surface area contributed by atoms with Crippen LogP contribution in [0.2, 0.25) is 0 Å². The number of anilines is 1. The van der Waals surface area contributed by atoms with E-state index in [-0.39, 0.29) is 5.82 Å². The molecule has 0 radical (unpaired) electrons. The fourth-order valence-electron chi connectivity index (χ4n) is 2.41. The zero-order valence-electron chi connectivity index (χ0n) is 10.2. The lowest BCUT2D eigenvalue weighted by Gasteiger charge is -2.26. The predicted molar refractivity (Wildman–Crippen MR) is 65.4 cm³/mol. The Balaban J connectivity index is 2.17. The van der Waals surface area contributed by atoms with E-state index >= 15 is 0 Å². The van der Waals surface area contributed by atoms with Crippen LogP contribution < -0.4 is 10.6 Å². The molecule has 0 spiro atoms. The lowest BCUT2D eigenvalue weighted by molar-refractivity contribution is 0.553. The van der Waals surface area contributed by atoms with E-state index in [1.807, 2.05) is 0 Å². The molecule has 0 aliphatic carbocycles. The predicted octanol–water partition coefficient (Wildman–Crippen LogP) is 1.63. The second-order valence-electron chi connectivity index (χ2n) is 4.52. The molecule has 5 heteroatoms. The van der Waals surface area contributed by atoms with Gasteiger partial charge >= 0.3 is 0 Å². The molecular weight excluding hydrogens is 219 g/mol. The van der Waals surface area contributed by atoms with E-state index in [4.69, 9.17) is 5.73 Å². The van der Waals surface area contributed by atoms with Gasteiger partial charge in [-0.2, -0.15) is 0 Å². The molecule has 1 saturated heterocycles. The molecule has 2 heterocycles. The van der Waals surface area contributed by atoms with Gasteiger partial charge in [0, 0.05) is 12.6 Å². The van der Waals surface area contributed by atoms with Crippen LogP contribution in [0, 0.1) is 12.7 Å². The van der Waals surface area contributed by atoms with Crippen LogP contribution in [0.4, 0.5) is 10.2 Å². The first-order valence-corrected chi connectivity index (χ1v) is 6.18. The standard InChI is InChI=1S/C12H19FN4/c1-9-11(13)12(16-8-15-9)17-7-3-5-10(17)4-2-6-14/h8,10H,2-7,14H2,1H3. The van der Waals surface area contributed by atoms with E-state index in [1.54, 1.807) is 6.92 Å². The molecule has 0 amide bonds. The van der Waals surface area contributed by atoms with Crippen LogP contribution in [-0.2, 0) is 0 Å². The average Bonchev–Trinajstić information content (AvgIpc) is 2.78. The molecule has 1 aromatic rings. The summed E-state index contributed by atoms with van der Waals surface area (Å²) in [5.41, 5.74) is 5.94. The number of rotatable bonds is 4. The molecule has 94 valence electrons. The van der Waals surface area contributed by atoms with Gasteiger partial charge < -0.3 is 10.6 Å². The van der Waals surface area contributed by atoms with Crippen molar-refractivity contribution in [1.29, 1.82) is 0 Å². The minimum absolute atomic E-state index is 0.285. The highest BCUT2D eigenvalue weighted by atomic mass is 19.1. The van der Waals surface area contributed by atoms with E-state index in [9.17, 15) is 4.39 Å². The molecule has 1 aliphatic rings. The molecule has 4 nitrogen and oxygen atoms in total. The van der Waals surface area contributed by atoms with Crippen molar-refractivity contribution >= 4 is 5.82 Å². The van der Waals surface area contributed by atoms with Crippen LogP contribution in [0.25, 0.3) is 0 Å². The minimum atomic E-state index is -0.285. The zero-order valence-corrected chi connectivity index (χ0v) is 10.2. The second kappa shape index (κ2) is 5.40. The van der Waals surface area contributed by atoms with Crippen LogP contribution in [0.1, 0.15) is 31.4 Å².